The number of pyridine rings is 1. The first-order valence-corrected chi connectivity index (χ1v) is 24.4. The van der Waals surface area contributed by atoms with Crippen LogP contribution in [-0.2, 0) is 74.1 Å². The van der Waals surface area contributed by atoms with E-state index in [0.29, 0.717) is 15.1 Å². The molecule has 2 N–H and O–H groups in total. The monoisotopic (exact) mass is 1070 g/mol. The maximum absolute atomic E-state index is 15.1. The highest BCUT2D eigenvalue weighted by atomic mass is 35.5. The molecular weight excluding hydrogens is 1030 g/mol. The van der Waals surface area contributed by atoms with Gasteiger partial charge in [0.1, 0.15) is 58.5 Å². The molecule has 0 spiro atoms. The average Bonchev–Trinajstić information content (AvgIpc) is 3.91. The number of halogens is 11. The normalized spacial score (nSPS) is 14.6. The van der Waals surface area contributed by atoms with E-state index in [1.807, 2.05) is 13.8 Å². The number of anilines is 1. The number of aliphatic carboxylic acids is 1. The van der Waals surface area contributed by atoms with Crippen LogP contribution in [0.15, 0.2) is 42.5 Å². The Labute approximate surface area is 408 Å². The topological polar surface area (TPSA) is 179 Å². The van der Waals surface area contributed by atoms with Crippen LogP contribution in [0.3, 0.4) is 0 Å². The van der Waals surface area contributed by atoms with Gasteiger partial charge in [0.15, 0.2) is 11.5 Å². The molecule has 384 valence electrons. The summed E-state index contributed by atoms with van der Waals surface area (Å²) in [6, 6.07) is 5.21. The lowest BCUT2D eigenvalue weighted by molar-refractivity contribution is -0.143. The number of carbonyl (C=O) groups is 3. The summed E-state index contributed by atoms with van der Waals surface area (Å²) in [7, 11) is -4.06. The molecule has 0 saturated heterocycles. The second-order valence-electron chi connectivity index (χ2n) is 15.9. The molecule has 27 heteroatoms. The SMILES string of the molecule is CC.CS(=O)N(C(=O)OCCC(=O)O)c1nn(CC(F)(F)F)c2c(-c3ccc(C#CC(C)(C)S(C)=O)nc3C(Cc3cc(F)cc(F)c3)NC(=O)Cn3nc(C(F)(F)F)c4c3C(F)(F)CC4)ccc(Cl)c12. The number of aromatic nitrogens is 5. The highest BCUT2D eigenvalue weighted by Crippen LogP contribution is 2.47. The first kappa shape index (κ1) is 55.9. The molecule has 0 bridgehead atoms. The first-order chi connectivity index (χ1) is 33.0. The predicted molar refractivity (Wildman–Crippen MR) is 241 cm³/mol. The van der Waals surface area contributed by atoms with E-state index >= 15 is 8.78 Å². The third-order valence-corrected chi connectivity index (χ3v) is 13.1. The summed E-state index contributed by atoms with van der Waals surface area (Å²) in [6.45, 7) is 3.07. The molecule has 0 fully saturated rings. The zero-order valence-electron chi connectivity index (χ0n) is 38.1. The van der Waals surface area contributed by atoms with Crippen LogP contribution in [0.5, 0.6) is 0 Å². The van der Waals surface area contributed by atoms with Crippen LogP contribution in [0.4, 0.5) is 54.5 Å². The molecule has 0 radical (unpaired) electrons. The number of benzene rings is 2. The predicted octanol–water partition coefficient (Wildman–Crippen LogP) is 9.19. The fourth-order valence-corrected chi connectivity index (χ4v) is 8.34. The van der Waals surface area contributed by atoms with Crippen molar-refractivity contribution in [2.45, 2.75) is 95.5 Å². The minimum Gasteiger partial charge on any atom is -0.481 e. The number of alkyl halides is 8. The van der Waals surface area contributed by atoms with Crippen molar-refractivity contribution in [3.8, 4) is 23.0 Å². The van der Waals surface area contributed by atoms with Crippen molar-refractivity contribution in [1.29, 1.82) is 0 Å². The van der Waals surface area contributed by atoms with Crippen molar-refractivity contribution in [3.63, 3.8) is 0 Å². The number of amides is 2. The van der Waals surface area contributed by atoms with Crippen LogP contribution in [0.1, 0.15) is 80.5 Å². The maximum Gasteiger partial charge on any atom is 0.435 e. The summed E-state index contributed by atoms with van der Waals surface area (Å²) in [4.78, 5) is 43.0. The number of nitrogens with one attached hydrogen (secondary N) is 1. The van der Waals surface area contributed by atoms with E-state index in [1.165, 1.54) is 32.2 Å². The minimum atomic E-state index is -5.21. The Morgan fingerprint density at radius 3 is 2.18 bits per heavy atom. The first-order valence-electron chi connectivity index (χ1n) is 20.9. The van der Waals surface area contributed by atoms with Crippen LogP contribution >= 0.6 is 11.6 Å². The van der Waals surface area contributed by atoms with E-state index in [0.717, 1.165) is 30.5 Å². The van der Waals surface area contributed by atoms with Crippen molar-refractivity contribution < 1.29 is 76.5 Å². The summed E-state index contributed by atoms with van der Waals surface area (Å²) >= 11 is 6.61. The molecular formula is C44H42ClF10N7O7S2. The number of nitrogens with zero attached hydrogens (tertiary/aromatic N) is 6. The largest absolute Gasteiger partial charge is 0.481 e. The molecule has 1 aliphatic rings. The molecule has 1 aliphatic carbocycles. The van der Waals surface area contributed by atoms with Gasteiger partial charge in [0.05, 0.1) is 34.1 Å². The Balaban J connectivity index is 0.00000463. The lowest BCUT2D eigenvalue weighted by Crippen LogP contribution is -2.35. The Morgan fingerprint density at radius 1 is 0.972 bits per heavy atom. The van der Waals surface area contributed by atoms with E-state index in [9.17, 15) is 57.9 Å². The van der Waals surface area contributed by atoms with Gasteiger partial charge in [0.25, 0.3) is 5.92 Å². The van der Waals surface area contributed by atoms with Crippen LogP contribution in [0, 0.1) is 23.5 Å². The standard InChI is InChI=1S/C42H36ClF10N7O7S2.C2H6/c1-39(2,68(3)65)12-9-24-5-6-25(26-7-8-28(43)32-34(26)59(20-41(48,49)50)57-37(32)60(69(4)66)38(64)67-14-11-31(62)63)33(54-24)29(17-21-15-22(44)18-23(45)16-21)55-30(61)19-58-36-27(10-13-40(36,46)47)35(56-58)42(51,52)53;1-2/h5-8,15-16,18,29H,10-11,13-14,17,19-20H2,1-4H3,(H,55,61)(H,62,63);1-2H3. The van der Waals surface area contributed by atoms with Crippen molar-refractivity contribution in [2.24, 2.45) is 0 Å². The maximum atomic E-state index is 15.1. The van der Waals surface area contributed by atoms with Gasteiger partial charge < -0.3 is 15.2 Å². The van der Waals surface area contributed by atoms with Crippen LogP contribution in [0.25, 0.3) is 22.0 Å². The number of carbonyl (C=O) groups excluding carboxylic acids is 2. The van der Waals surface area contributed by atoms with Crippen LogP contribution in [-0.4, -0.2) is 86.1 Å². The molecule has 3 unspecified atom stereocenters. The minimum absolute atomic E-state index is 0.164. The van der Waals surface area contributed by atoms with Gasteiger partial charge in [-0.05, 0) is 68.5 Å². The molecule has 3 aromatic heterocycles. The molecule has 6 rings (SSSR count). The highest BCUT2D eigenvalue weighted by molar-refractivity contribution is 7.86. The molecule has 0 aliphatic heterocycles. The molecule has 0 saturated carbocycles. The number of carboxylic acids is 1. The quantitative estimate of drug-likeness (QED) is 0.0805. The second kappa shape index (κ2) is 21.7. The smallest absolute Gasteiger partial charge is 0.435 e. The van der Waals surface area contributed by atoms with Gasteiger partial charge in [0, 0.05) is 52.5 Å². The van der Waals surface area contributed by atoms with Crippen LogP contribution < -0.4 is 9.62 Å². The Kier molecular flexibility index (Phi) is 17.1. The Bertz CT molecular complexity index is 2970. The number of hydrogen-bond acceptors (Lipinski definition) is 9. The number of rotatable bonds is 14. The molecule has 3 atom stereocenters. The van der Waals surface area contributed by atoms with Gasteiger partial charge in [-0.25, -0.2) is 22.8 Å². The average molecular weight is 1070 g/mol. The summed E-state index contributed by atoms with van der Waals surface area (Å²) in [5.74, 6) is -4.07. The van der Waals surface area contributed by atoms with Gasteiger partial charge in [0.2, 0.25) is 5.91 Å². The van der Waals surface area contributed by atoms with Crippen molar-refractivity contribution in [3.05, 3.63) is 93.0 Å². The van der Waals surface area contributed by atoms with Crippen LogP contribution in [0.2, 0.25) is 5.02 Å². The molecule has 2 amide bonds. The van der Waals surface area contributed by atoms with E-state index in [4.69, 9.17) is 21.4 Å². The van der Waals surface area contributed by atoms with Gasteiger partial charge in [-0.2, -0.15) is 49.6 Å². The van der Waals surface area contributed by atoms with Gasteiger partial charge in [-0.3, -0.25) is 23.2 Å². The van der Waals surface area contributed by atoms with Gasteiger partial charge >= 0.3 is 24.4 Å². The third kappa shape index (κ3) is 13.1. The number of fused-ring (bicyclic) bond motifs is 2. The van der Waals surface area contributed by atoms with Gasteiger partial charge in [-0.15, -0.1) is 0 Å². The molecule has 5 aromatic rings. The number of ether oxygens (including phenoxy) is 1. The number of hydrogen-bond donors (Lipinski definition) is 2. The summed E-state index contributed by atoms with van der Waals surface area (Å²) in [5.41, 5.74) is -5.45. The Hall–Kier alpha value is -6.07. The third-order valence-electron chi connectivity index (χ3n) is 10.4. The van der Waals surface area contributed by atoms with Gasteiger partial charge in [-0.1, -0.05) is 37.4 Å². The van der Waals surface area contributed by atoms with Crippen molar-refractivity contribution in [2.75, 3.05) is 23.4 Å². The van der Waals surface area contributed by atoms with E-state index in [1.54, 1.807) is 0 Å². The Morgan fingerprint density at radius 2 is 1.61 bits per heavy atom. The van der Waals surface area contributed by atoms with E-state index in [-0.39, 0.29) is 37.8 Å². The second-order valence-corrected chi connectivity index (χ2v) is 19.4. The lowest BCUT2D eigenvalue weighted by Gasteiger charge is -2.23. The highest BCUT2D eigenvalue weighted by Gasteiger charge is 2.50. The van der Waals surface area contributed by atoms with E-state index < -0.39 is 160 Å². The van der Waals surface area contributed by atoms with Crippen molar-refractivity contribution >= 4 is 68.1 Å². The summed E-state index contributed by atoms with van der Waals surface area (Å²) in [6.07, 6.45) is -12.6. The fourth-order valence-electron chi connectivity index (χ4n) is 7.27. The molecule has 71 heavy (non-hydrogen) atoms. The fraction of sp³-hybridized carbons (Fsp3) is 0.409. The lowest BCUT2D eigenvalue weighted by atomic mass is 9.93. The zero-order valence-corrected chi connectivity index (χ0v) is 40.5. The molecule has 3 heterocycles. The van der Waals surface area contributed by atoms with Crippen molar-refractivity contribution in [1.82, 2.24) is 29.9 Å². The molecule has 14 nitrogen and oxygen atoms in total. The van der Waals surface area contributed by atoms with E-state index in [2.05, 4.69) is 32.3 Å². The molecule has 2 aromatic carbocycles. The zero-order chi connectivity index (χ0) is 53.1. The summed E-state index contributed by atoms with van der Waals surface area (Å²) < 4.78 is 175. The number of carboxylic acid groups (broad SMARTS) is 1. The summed E-state index contributed by atoms with van der Waals surface area (Å²) in [5, 5.41) is 17.9.